The summed E-state index contributed by atoms with van der Waals surface area (Å²) in [6, 6.07) is 13.4. The molecule has 0 atom stereocenters. The van der Waals surface area contributed by atoms with Crippen LogP contribution in [0.3, 0.4) is 0 Å². The van der Waals surface area contributed by atoms with Gasteiger partial charge in [-0.15, -0.1) is 10.2 Å². The van der Waals surface area contributed by atoms with E-state index in [9.17, 15) is 4.79 Å². The number of amides is 1. The molecule has 1 N–H and O–H groups in total. The van der Waals surface area contributed by atoms with Crippen molar-refractivity contribution in [1.82, 2.24) is 25.1 Å². The van der Waals surface area contributed by atoms with Gasteiger partial charge in [0.05, 0.1) is 5.69 Å². The third kappa shape index (κ3) is 4.93. The molecular formula is C24H28N8O. The predicted octanol–water partition coefficient (Wildman–Crippen LogP) is 2.54. The topological polar surface area (TPSA) is 90.4 Å². The SMILES string of the molecule is CN1CCN(c2cc(C(=O)Nc3ccc(-c4ccc(N5CCCC5)nn4)cc3)ncn2)CC1. The fourth-order valence-electron chi connectivity index (χ4n) is 4.19. The first-order valence-electron chi connectivity index (χ1n) is 11.4. The van der Waals surface area contributed by atoms with Crippen molar-refractivity contribution >= 4 is 23.2 Å². The Morgan fingerprint density at radius 1 is 0.818 bits per heavy atom. The summed E-state index contributed by atoms with van der Waals surface area (Å²) in [5, 5.41) is 11.7. The van der Waals surface area contributed by atoms with Crippen LogP contribution in [-0.4, -0.2) is 77.3 Å². The Labute approximate surface area is 193 Å². The lowest BCUT2D eigenvalue weighted by Crippen LogP contribution is -2.44. The van der Waals surface area contributed by atoms with E-state index in [0.717, 1.165) is 62.2 Å². The second-order valence-corrected chi connectivity index (χ2v) is 8.55. The van der Waals surface area contributed by atoms with E-state index in [-0.39, 0.29) is 5.91 Å². The standard InChI is InChI=1S/C24H28N8O/c1-30-12-14-32(15-13-30)23-16-21(25-17-26-23)24(33)27-19-6-4-18(5-7-19)20-8-9-22(29-28-20)31-10-2-3-11-31/h4-9,16-17H,2-3,10-15H2,1H3,(H,27,33). The maximum absolute atomic E-state index is 12.8. The first-order valence-corrected chi connectivity index (χ1v) is 11.4. The van der Waals surface area contributed by atoms with Gasteiger partial charge in [0.25, 0.3) is 5.91 Å². The fourth-order valence-corrected chi connectivity index (χ4v) is 4.19. The molecule has 2 fully saturated rings. The van der Waals surface area contributed by atoms with Gasteiger partial charge in [-0.2, -0.15) is 0 Å². The summed E-state index contributed by atoms with van der Waals surface area (Å²) in [7, 11) is 2.11. The molecule has 9 heteroatoms. The molecule has 0 radical (unpaired) electrons. The molecule has 2 saturated heterocycles. The lowest BCUT2D eigenvalue weighted by Gasteiger charge is -2.33. The van der Waals surface area contributed by atoms with Crippen molar-refractivity contribution in [2.75, 3.05) is 61.4 Å². The van der Waals surface area contributed by atoms with Crippen LogP contribution in [0.2, 0.25) is 0 Å². The molecule has 5 rings (SSSR count). The van der Waals surface area contributed by atoms with Crippen LogP contribution < -0.4 is 15.1 Å². The molecule has 0 unspecified atom stereocenters. The Bertz CT molecular complexity index is 1090. The first-order chi connectivity index (χ1) is 16.2. The number of nitrogens with zero attached hydrogens (tertiary/aromatic N) is 7. The summed E-state index contributed by atoms with van der Waals surface area (Å²) < 4.78 is 0. The fraction of sp³-hybridized carbons (Fsp3) is 0.375. The summed E-state index contributed by atoms with van der Waals surface area (Å²) in [5.41, 5.74) is 2.81. The molecule has 170 valence electrons. The van der Waals surface area contributed by atoms with E-state index in [1.165, 1.54) is 19.2 Å². The quantitative estimate of drug-likeness (QED) is 0.642. The monoisotopic (exact) mass is 444 g/mol. The normalized spacial score (nSPS) is 16.8. The number of hydrogen-bond acceptors (Lipinski definition) is 8. The summed E-state index contributed by atoms with van der Waals surface area (Å²) >= 11 is 0. The molecule has 0 spiro atoms. The minimum atomic E-state index is -0.254. The lowest BCUT2D eigenvalue weighted by atomic mass is 10.1. The van der Waals surface area contributed by atoms with Gasteiger partial charge in [0.15, 0.2) is 5.82 Å². The molecule has 3 aromatic rings. The molecule has 2 aliphatic heterocycles. The highest BCUT2D eigenvalue weighted by Gasteiger charge is 2.18. The van der Waals surface area contributed by atoms with Crippen LogP contribution in [0.25, 0.3) is 11.3 Å². The highest BCUT2D eigenvalue weighted by atomic mass is 16.1. The summed E-state index contributed by atoms with van der Waals surface area (Å²) in [6.07, 6.45) is 3.88. The van der Waals surface area contributed by atoms with Crippen LogP contribution >= 0.6 is 0 Å². The molecular weight excluding hydrogens is 416 g/mol. The zero-order valence-electron chi connectivity index (χ0n) is 18.8. The van der Waals surface area contributed by atoms with Crippen LogP contribution in [0.4, 0.5) is 17.3 Å². The van der Waals surface area contributed by atoms with Gasteiger partial charge >= 0.3 is 0 Å². The Balaban J connectivity index is 1.23. The van der Waals surface area contributed by atoms with Crippen molar-refractivity contribution < 1.29 is 4.79 Å². The second kappa shape index (κ2) is 9.50. The Kier molecular flexibility index (Phi) is 6.12. The number of likely N-dealkylation sites (N-methyl/N-ethyl adjacent to an activating group) is 1. The van der Waals surface area contributed by atoms with Gasteiger partial charge in [0, 0.05) is 56.6 Å². The van der Waals surface area contributed by atoms with E-state index in [0.29, 0.717) is 11.4 Å². The number of nitrogens with one attached hydrogen (secondary N) is 1. The number of benzene rings is 1. The molecule has 0 bridgehead atoms. The molecule has 1 amide bonds. The van der Waals surface area contributed by atoms with E-state index >= 15 is 0 Å². The molecule has 33 heavy (non-hydrogen) atoms. The van der Waals surface area contributed by atoms with Gasteiger partial charge < -0.3 is 20.0 Å². The average molecular weight is 445 g/mol. The van der Waals surface area contributed by atoms with Gasteiger partial charge in [0.2, 0.25) is 0 Å². The number of aromatic nitrogens is 4. The molecule has 1 aromatic carbocycles. The zero-order valence-corrected chi connectivity index (χ0v) is 18.8. The first kappa shape index (κ1) is 21.3. The van der Waals surface area contributed by atoms with Crippen LogP contribution in [0.15, 0.2) is 48.8 Å². The minimum absolute atomic E-state index is 0.254. The molecule has 0 saturated carbocycles. The maximum atomic E-state index is 12.8. The Morgan fingerprint density at radius 2 is 1.55 bits per heavy atom. The van der Waals surface area contributed by atoms with Crippen LogP contribution in [-0.2, 0) is 0 Å². The van der Waals surface area contributed by atoms with Crippen molar-refractivity contribution in [1.29, 1.82) is 0 Å². The van der Waals surface area contributed by atoms with Gasteiger partial charge in [-0.1, -0.05) is 12.1 Å². The lowest BCUT2D eigenvalue weighted by molar-refractivity contribution is 0.102. The molecule has 4 heterocycles. The Hall–Kier alpha value is -3.59. The second-order valence-electron chi connectivity index (χ2n) is 8.55. The summed E-state index contributed by atoms with van der Waals surface area (Å²) in [5.74, 6) is 1.46. The van der Waals surface area contributed by atoms with Crippen molar-refractivity contribution in [3.05, 3.63) is 54.5 Å². The van der Waals surface area contributed by atoms with E-state index in [4.69, 9.17) is 0 Å². The number of rotatable bonds is 5. The van der Waals surface area contributed by atoms with Gasteiger partial charge in [-0.05, 0) is 44.2 Å². The van der Waals surface area contributed by atoms with Gasteiger partial charge in [0.1, 0.15) is 17.8 Å². The van der Waals surface area contributed by atoms with Crippen molar-refractivity contribution in [2.24, 2.45) is 0 Å². The smallest absolute Gasteiger partial charge is 0.274 e. The number of anilines is 3. The third-order valence-corrected chi connectivity index (χ3v) is 6.23. The highest BCUT2D eigenvalue weighted by molar-refractivity contribution is 6.03. The molecule has 0 aliphatic carbocycles. The number of carbonyl (C=O) groups excluding carboxylic acids is 1. The van der Waals surface area contributed by atoms with Crippen molar-refractivity contribution in [3.63, 3.8) is 0 Å². The highest BCUT2D eigenvalue weighted by Crippen LogP contribution is 2.23. The summed E-state index contributed by atoms with van der Waals surface area (Å²) in [6.45, 7) is 5.82. The van der Waals surface area contributed by atoms with Gasteiger partial charge in [-0.25, -0.2) is 9.97 Å². The van der Waals surface area contributed by atoms with Crippen molar-refractivity contribution in [2.45, 2.75) is 12.8 Å². The number of piperazine rings is 1. The number of hydrogen-bond donors (Lipinski definition) is 1. The molecule has 9 nitrogen and oxygen atoms in total. The predicted molar refractivity (Wildman–Crippen MR) is 129 cm³/mol. The zero-order chi connectivity index (χ0) is 22.6. The van der Waals surface area contributed by atoms with Crippen LogP contribution in [0, 0.1) is 0 Å². The third-order valence-electron chi connectivity index (χ3n) is 6.23. The average Bonchev–Trinajstić information content (AvgIpc) is 3.40. The maximum Gasteiger partial charge on any atom is 0.274 e. The van der Waals surface area contributed by atoms with Crippen LogP contribution in [0.5, 0.6) is 0 Å². The van der Waals surface area contributed by atoms with Gasteiger partial charge in [-0.3, -0.25) is 4.79 Å². The Morgan fingerprint density at radius 3 is 2.24 bits per heavy atom. The van der Waals surface area contributed by atoms with Crippen LogP contribution in [0.1, 0.15) is 23.3 Å². The minimum Gasteiger partial charge on any atom is -0.355 e. The largest absolute Gasteiger partial charge is 0.355 e. The molecule has 2 aliphatic rings. The number of carbonyl (C=O) groups is 1. The molecule has 2 aromatic heterocycles. The summed E-state index contributed by atoms with van der Waals surface area (Å²) in [4.78, 5) is 28.0. The van der Waals surface area contributed by atoms with E-state index in [1.807, 2.05) is 36.4 Å². The van der Waals surface area contributed by atoms with E-state index in [2.05, 4.69) is 47.2 Å². The van der Waals surface area contributed by atoms with E-state index < -0.39 is 0 Å². The van der Waals surface area contributed by atoms with E-state index in [1.54, 1.807) is 6.07 Å². The van der Waals surface area contributed by atoms with Crippen molar-refractivity contribution in [3.8, 4) is 11.3 Å².